The van der Waals surface area contributed by atoms with Crippen molar-refractivity contribution in [2.24, 2.45) is 35.3 Å². The van der Waals surface area contributed by atoms with Crippen LogP contribution in [0.2, 0.25) is 0 Å². The number of carbonyl (C=O) groups excluding carboxylic acids is 2. The van der Waals surface area contributed by atoms with Gasteiger partial charge in [-0.3, -0.25) is 9.59 Å². The predicted molar refractivity (Wildman–Crippen MR) is 96.5 cm³/mol. The van der Waals surface area contributed by atoms with Gasteiger partial charge in [0, 0.05) is 11.8 Å². The van der Waals surface area contributed by atoms with Crippen LogP contribution < -0.4 is 11.1 Å². The number of carbonyl (C=O) groups is 2. The zero-order chi connectivity index (χ0) is 17.6. The number of amides is 2. The molecule has 0 atom stereocenters. The molecule has 134 valence electrons. The molecule has 4 aliphatic carbocycles. The van der Waals surface area contributed by atoms with Gasteiger partial charge in [-0.15, -0.1) is 0 Å². The smallest absolute Gasteiger partial charge is 0.236 e. The van der Waals surface area contributed by atoms with Crippen molar-refractivity contribution >= 4 is 11.8 Å². The Balaban J connectivity index is 1.67. The van der Waals surface area contributed by atoms with Crippen molar-refractivity contribution in [1.82, 2.24) is 5.32 Å². The maximum Gasteiger partial charge on any atom is 0.236 e. The van der Waals surface area contributed by atoms with E-state index < -0.39 is 5.91 Å². The average Bonchev–Trinajstić information content (AvgIpc) is 2.59. The number of primary amides is 1. The molecule has 0 aromatic heterocycles. The first-order valence-electron chi connectivity index (χ1n) is 9.61. The van der Waals surface area contributed by atoms with Gasteiger partial charge in [-0.1, -0.05) is 37.3 Å². The van der Waals surface area contributed by atoms with Crippen LogP contribution in [0, 0.1) is 29.6 Å². The molecule has 1 aromatic rings. The summed E-state index contributed by atoms with van der Waals surface area (Å²) in [5.41, 5.74) is 6.43. The van der Waals surface area contributed by atoms with Crippen molar-refractivity contribution in [3.63, 3.8) is 0 Å². The summed E-state index contributed by atoms with van der Waals surface area (Å²) in [5.74, 6) is 3.12. The minimum absolute atomic E-state index is 0.0387. The van der Waals surface area contributed by atoms with E-state index in [-0.39, 0.29) is 17.9 Å². The quantitative estimate of drug-likeness (QED) is 0.865. The van der Waals surface area contributed by atoms with E-state index >= 15 is 0 Å². The summed E-state index contributed by atoms with van der Waals surface area (Å²) in [6.07, 6.45) is 5.45. The standard InChI is InChI=1S/C21H28N2O2/c1-13-14-7-17-9-15(13)10-18(8-14)21(17,16-5-3-2-4-6-16)11-20(25)23-12-19(22)24/h2-6,13-15,17-18H,7-12H2,1H3,(H2,22,24)(H,23,25). The molecule has 25 heavy (non-hydrogen) atoms. The van der Waals surface area contributed by atoms with Gasteiger partial charge in [-0.05, 0) is 60.8 Å². The molecule has 0 unspecified atom stereocenters. The summed E-state index contributed by atoms with van der Waals surface area (Å²) < 4.78 is 0. The molecule has 0 radical (unpaired) electrons. The Labute approximate surface area is 149 Å². The average molecular weight is 340 g/mol. The Kier molecular flexibility index (Phi) is 4.09. The van der Waals surface area contributed by atoms with Crippen molar-refractivity contribution in [3.8, 4) is 0 Å². The minimum atomic E-state index is -0.485. The highest BCUT2D eigenvalue weighted by molar-refractivity contribution is 5.84. The maximum atomic E-state index is 12.7. The summed E-state index contributed by atoms with van der Waals surface area (Å²) in [6.45, 7) is 2.36. The monoisotopic (exact) mass is 340 g/mol. The lowest BCUT2D eigenvalue weighted by Crippen LogP contribution is -2.59. The molecule has 5 rings (SSSR count). The number of nitrogens with two attached hydrogens (primary N) is 1. The van der Waals surface area contributed by atoms with E-state index in [1.54, 1.807) is 0 Å². The van der Waals surface area contributed by atoms with Crippen molar-refractivity contribution < 1.29 is 9.59 Å². The Morgan fingerprint density at radius 2 is 1.64 bits per heavy atom. The van der Waals surface area contributed by atoms with E-state index in [1.165, 1.54) is 31.2 Å². The third kappa shape index (κ3) is 2.66. The fraction of sp³-hybridized carbons (Fsp3) is 0.619. The molecule has 0 heterocycles. The largest absolute Gasteiger partial charge is 0.368 e. The Bertz CT molecular complexity index is 640. The van der Waals surface area contributed by atoms with Crippen LogP contribution in [0.1, 0.15) is 44.6 Å². The molecule has 1 aromatic carbocycles. The molecular weight excluding hydrogens is 312 g/mol. The Hall–Kier alpha value is -1.84. The fourth-order valence-corrected chi connectivity index (χ4v) is 6.39. The van der Waals surface area contributed by atoms with E-state index in [0.29, 0.717) is 18.3 Å². The second kappa shape index (κ2) is 6.15. The fourth-order valence-electron chi connectivity index (χ4n) is 6.39. The molecule has 2 amide bonds. The lowest BCUT2D eigenvalue weighted by Gasteiger charge is -2.63. The molecule has 4 saturated carbocycles. The highest BCUT2D eigenvalue weighted by Gasteiger charge is 2.60. The predicted octanol–water partition coefficient (Wildman–Crippen LogP) is 2.62. The van der Waals surface area contributed by atoms with E-state index in [2.05, 4.69) is 36.5 Å². The topological polar surface area (TPSA) is 72.2 Å². The van der Waals surface area contributed by atoms with Crippen molar-refractivity contribution in [1.29, 1.82) is 0 Å². The molecule has 3 N–H and O–H groups in total. The summed E-state index contributed by atoms with van der Waals surface area (Å²) >= 11 is 0. The molecule has 0 aliphatic heterocycles. The Morgan fingerprint density at radius 1 is 1.08 bits per heavy atom. The highest BCUT2D eigenvalue weighted by Crippen LogP contribution is 2.65. The number of hydrogen-bond donors (Lipinski definition) is 2. The second-order valence-corrected chi connectivity index (χ2v) is 8.54. The van der Waals surface area contributed by atoms with Crippen LogP contribution in [0.4, 0.5) is 0 Å². The number of rotatable bonds is 5. The van der Waals surface area contributed by atoms with E-state index in [0.717, 1.165) is 17.8 Å². The van der Waals surface area contributed by atoms with Crippen LogP contribution in [-0.2, 0) is 15.0 Å². The van der Waals surface area contributed by atoms with E-state index in [9.17, 15) is 9.59 Å². The first kappa shape index (κ1) is 16.6. The van der Waals surface area contributed by atoms with Gasteiger partial charge in [0.05, 0.1) is 6.54 Å². The number of nitrogens with one attached hydrogen (secondary N) is 1. The molecular formula is C21H28N2O2. The lowest BCUT2D eigenvalue weighted by atomic mass is 9.41. The van der Waals surface area contributed by atoms with Crippen LogP contribution >= 0.6 is 0 Å². The van der Waals surface area contributed by atoms with Gasteiger partial charge in [-0.25, -0.2) is 0 Å². The minimum Gasteiger partial charge on any atom is -0.368 e. The van der Waals surface area contributed by atoms with Crippen LogP contribution in [-0.4, -0.2) is 18.4 Å². The normalized spacial score (nSPS) is 38.5. The summed E-state index contributed by atoms with van der Waals surface area (Å²) in [5, 5.41) is 2.73. The third-order valence-corrected chi connectivity index (χ3v) is 7.52. The van der Waals surface area contributed by atoms with Crippen molar-refractivity contribution in [2.45, 2.75) is 44.4 Å². The molecule has 4 aliphatic rings. The second-order valence-electron chi connectivity index (χ2n) is 8.54. The summed E-state index contributed by atoms with van der Waals surface area (Å²) in [4.78, 5) is 23.7. The van der Waals surface area contributed by atoms with Gasteiger partial charge >= 0.3 is 0 Å². The maximum absolute atomic E-state index is 12.7. The van der Waals surface area contributed by atoms with Crippen LogP contribution in [0.3, 0.4) is 0 Å². The zero-order valence-corrected chi connectivity index (χ0v) is 14.9. The van der Waals surface area contributed by atoms with Gasteiger partial charge < -0.3 is 11.1 Å². The van der Waals surface area contributed by atoms with Crippen molar-refractivity contribution in [2.75, 3.05) is 6.54 Å². The highest BCUT2D eigenvalue weighted by atomic mass is 16.2. The molecule has 0 saturated heterocycles. The van der Waals surface area contributed by atoms with Gasteiger partial charge in [0.15, 0.2) is 0 Å². The zero-order valence-electron chi connectivity index (χ0n) is 14.9. The number of benzene rings is 1. The van der Waals surface area contributed by atoms with Gasteiger partial charge in [-0.2, -0.15) is 0 Å². The molecule has 4 heteroatoms. The van der Waals surface area contributed by atoms with Gasteiger partial charge in [0.1, 0.15) is 0 Å². The summed E-state index contributed by atoms with van der Waals surface area (Å²) in [6, 6.07) is 10.6. The first-order chi connectivity index (χ1) is 12.0. The molecule has 4 bridgehead atoms. The Morgan fingerprint density at radius 3 is 2.16 bits per heavy atom. The third-order valence-electron chi connectivity index (χ3n) is 7.52. The van der Waals surface area contributed by atoms with E-state index in [4.69, 9.17) is 5.73 Å². The summed E-state index contributed by atoms with van der Waals surface area (Å²) in [7, 11) is 0. The van der Waals surface area contributed by atoms with Gasteiger partial charge in [0.2, 0.25) is 11.8 Å². The van der Waals surface area contributed by atoms with Crippen LogP contribution in [0.25, 0.3) is 0 Å². The molecule has 0 spiro atoms. The van der Waals surface area contributed by atoms with Crippen LogP contribution in [0.15, 0.2) is 30.3 Å². The van der Waals surface area contributed by atoms with Crippen molar-refractivity contribution in [3.05, 3.63) is 35.9 Å². The van der Waals surface area contributed by atoms with Crippen LogP contribution in [0.5, 0.6) is 0 Å². The SMILES string of the molecule is CC1C2CC3CC1CC(C2)C3(CC(=O)NCC(N)=O)c1ccccc1. The molecule has 4 fully saturated rings. The number of hydrogen-bond acceptors (Lipinski definition) is 2. The molecule has 4 nitrogen and oxygen atoms in total. The first-order valence-corrected chi connectivity index (χ1v) is 9.61. The van der Waals surface area contributed by atoms with E-state index in [1.807, 2.05) is 6.07 Å². The van der Waals surface area contributed by atoms with Gasteiger partial charge in [0.25, 0.3) is 0 Å². The lowest BCUT2D eigenvalue weighted by molar-refractivity contribution is -0.134.